The summed E-state index contributed by atoms with van der Waals surface area (Å²) in [5.41, 5.74) is 0.699. The lowest BCUT2D eigenvalue weighted by atomic mass is 10.1. The summed E-state index contributed by atoms with van der Waals surface area (Å²) in [6.07, 6.45) is -3.17. The van der Waals surface area contributed by atoms with Crippen LogP contribution in [0.15, 0.2) is 65.7 Å². The number of anilines is 1. The van der Waals surface area contributed by atoms with E-state index >= 15 is 0 Å². The minimum atomic E-state index is -4.46. The largest absolute Gasteiger partial charge is 0.417 e. The molecule has 0 spiro atoms. The van der Waals surface area contributed by atoms with Crippen molar-refractivity contribution in [2.24, 2.45) is 0 Å². The number of pyridine rings is 1. The molecule has 2 heterocycles. The number of alkyl halides is 3. The van der Waals surface area contributed by atoms with Crippen LogP contribution < -0.4 is 9.62 Å². The van der Waals surface area contributed by atoms with Crippen LogP contribution in [-0.4, -0.2) is 32.5 Å². The van der Waals surface area contributed by atoms with Crippen molar-refractivity contribution in [3.8, 4) is 11.1 Å². The molecule has 33 heavy (non-hydrogen) atoms. The summed E-state index contributed by atoms with van der Waals surface area (Å²) in [4.78, 5) is 5.73. The van der Waals surface area contributed by atoms with Crippen LogP contribution in [0.3, 0.4) is 0 Å². The molecule has 174 valence electrons. The summed E-state index contributed by atoms with van der Waals surface area (Å²) in [5.74, 6) is 0.370. The highest BCUT2D eigenvalue weighted by Gasteiger charge is 2.32. The van der Waals surface area contributed by atoms with Crippen molar-refractivity contribution in [3.63, 3.8) is 0 Å². The smallest absolute Gasteiger partial charge is 0.355 e. The lowest BCUT2D eigenvalue weighted by Crippen LogP contribution is -2.37. The van der Waals surface area contributed by atoms with Crippen LogP contribution in [0.4, 0.5) is 19.0 Å². The lowest BCUT2D eigenvalue weighted by molar-refractivity contribution is -0.137. The second kappa shape index (κ2) is 9.13. The molecule has 1 aliphatic rings. The van der Waals surface area contributed by atoms with E-state index in [0.717, 1.165) is 23.4 Å². The van der Waals surface area contributed by atoms with Crippen molar-refractivity contribution < 1.29 is 21.6 Å². The molecule has 3 aromatic rings. The minimum absolute atomic E-state index is 0.102. The predicted molar refractivity (Wildman–Crippen MR) is 122 cm³/mol. The van der Waals surface area contributed by atoms with E-state index in [2.05, 4.69) is 9.71 Å². The van der Waals surface area contributed by atoms with Gasteiger partial charge in [0.15, 0.2) is 0 Å². The van der Waals surface area contributed by atoms with Crippen LogP contribution >= 0.6 is 23.2 Å². The maximum Gasteiger partial charge on any atom is 0.417 e. The molecule has 1 N–H and O–H groups in total. The zero-order valence-electron chi connectivity index (χ0n) is 17.0. The quantitative estimate of drug-likeness (QED) is 0.478. The second-order valence-electron chi connectivity index (χ2n) is 7.64. The van der Waals surface area contributed by atoms with Crippen molar-refractivity contribution in [2.45, 2.75) is 23.5 Å². The average molecular weight is 516 g/mol. The first-order chi connectivity index (χ1) is 15.5. The van der Waals surface area contributed by atoms with Gasteiger partial charge in [0.1, 0.15) is 5.82 Å². The van der Waals surface area contributed by atoms with Gasteiger partial charge in [-0.15, -0.1) is 0 Å². The first kappa shape index (κ1) is 23.8. The Morgan fingerprint density at radius 2 is 1.64 bits per heavy atom. The fourth-order valence-electron chi connectivity index (χ4n) is 3.64. The van der Waals surface area contributed by atoms with E-state index in [1.165, 1.54) is 18.2 Å². The molecular formula is C22H18Cl2F3N3O2S. The Balaban J connectivity index is 1.43. The van der Waals surface area contributed by atoms with E-state index < -0.39 is 27.8 Å². The Labute approximate surface area is 199 Å². The maximum absolute atomic E-state index is 12.8. The van der Waals surface area contributed by atoms with Crippen LogP contribution in [0, 0.1) is 0 Å². The number of sulfonamides is 1. The normalized spacial score (nSPS) is 16.9. The third-order valence-electron chi connectivity index (χ3n) is 5.27. The summed E-state index contributed by atoms with van der Waals surface area (Å²) < 4.78 is 66.5. The van der Waals surface area contributed by atoms with Crippen LogP contribution in [0.25, 0.3) is 11.1 Å². The number of aromatic nitrogens is 1. The molecule has 2 aromatic carbocycles. The molecule has 1 aliphatic heterocycles. The number of nitrogens with zero attached hydrogens (tertiary/aromatic N) is 2. The van der Waals surface area contributed by atoms with Crippen molar-refractivity contribution in [3.05, 3.63) is 76.4 Å². The fourth-order valence-corrected chi connectivity index (χ4v) is 5.43. The van der Waals surface area contributed by atoms with Crippen molar-refractivity contribution in [2.75, 3.05) is 18.0 Å². The van der Waals surface area contributed by atoms with Gasteiger partial charge in [-0.25, -0.2) is 18.1 Å². The molecule has 1 fully saturated rings. The van der Waals surface area contributed by atoms with E-state index in [-0.39, 0.29) is 4.90 Å². The fraction of sp³-hybridized carbons (Fsp3) is 0.227. The second-order valence-corrected chi connectivity index (χ2v) is 10.2. The maximum atomic E-state index is 12.8. The standard InChI is InChI=1S/C22H18Cl2F3N3O2S/c23-17-9-15(10-18(24)11-17)14-1-4-20(5-2-14)33(31,32)29-19-7-8-30(13-19)21-6-3-16(12-28-21)22(25,26)27/h1-6,9-12,19,29H,7-8,13H2. The SMILES string of the molecule is O=S(=O)(NC1CCN(c2ccc(C(F)(F)F)cn2)C1)c1ccc(-c2cc(Cl)cc(Cl)c2)cc1. The zero-order valence-corrected chi connectivity index (χ0v) is 19.3. The molecule has 1 unspecified atom stereocenters. The first-order valence-electron chi connectivity index (χ1n) is 9.88. The molecule has 0 aliphatic carbocycles. The molecule has 0 amide bonds. The average Bonchev–Trinajstić information content (AvgIpc) is 3.20. The zero-order chi connectivity index (χ0) is 23.8. The van der Waals surface area contributed by atoms with Gasteiger partial charge in [-0.2, -0.15) is 13.2 Å². The Morgan fingerprint density at radius 1 is 0.970 bits per heavy atom. The Bertz CT molecular complexity index is 1230. The van der Waals surface area contributed by atoms with Crippen LogP contribution in [-0.2, 0) is 16.2 Å². The van der Waals surface area contributed by atoms with E-state index in [1.54, 1.807) is 35.2 Å². The molecule has 4 rings (SSSR count). The van der Waals surface area contributed by atoms with E-state index in [4.69, 9.17) is 23.2 Å². The van der Waals surface area contributed by atoms with E-state index in [9.17, 15) is 21.6 Å². The van der Waals surface area contributed by atoms with Crippen LogP contribution in [0.2, 0.25) is 10.0 Å². The van der Waals surface area contributed by atoms with Crippen LogP contribution in [0.5, 0.6) is 0 Å². The summed E-state index contributed by atoms with van der Waals surface area (Å²) in [6.45, 7) is 0.775. The molecule has 5 nitrogen and oxygen atoms in total. The number of benzene rings is 2. The monoisotopic (exact) mass is 515 g/mol. The third-order valence-corrected chi connectivity index (χ3v) is 7.24. The number of nitrogens with one attached hydrogen (secondary N) is 1. The Hall–Kier alpha value is -2.33. The molecule has 1 saturated heterocycles. The molecule has 0 radical (unpaired) electrons. The molecule has 1 atom stereocenters. The first-order valence-corrected chi connectivity index (χ1v) is 12.1. The molecule has 0 bridgehead atoms. The van der Waals surface area contributed by atoms with Gasteiger partial charge in [0.05, 0.1) is 10.5 Å². The summed E-state index contributed by atoms with van der Waals surface area (Å²) in [7, 11) is -3.79. The summed E-state index contributed by atoms with van der Waals surface area (Å²) in [6, 6.07) is 13.3. The van der Waals surface area contributed by atoms with E-state index in [0.29, 0.717) is 35.4 Å². The predicted octanol–water partition coefficient (Wildman–Crippen LogP) is 5.63. The number of rotatable bonds is 5. The summed E-state index contributed by atoms with van der Waals surface area (Å²) in [5, 5.41) is 0.952. The molecular weight excluding hydrogens is 498 g/mol. The number of hydrogen-bond acceptors (Lipinski definition) is 4. The number of hydrogen-bond donors (Lipinski definition) is 1. The topological polar surface area (TPSA) is 62.3 Å². The van der Waals surface area contributed by atoms with E-state index in [1.807, 2.05) is 0 Å². The van der Waals surface area contributed by atoms with Crippen LogP contribution in [0.1, 0.15) is 12.0 Å². The Morgan fingerprint density at radius 3 is 2.21 bits per heavy atom. The van der Waals surface area contributed by atoms with Gasteiger partial charge in [-0.05, 0) is 60.0 Å². The van der Waals surface area contributed by atoms with Gasteiger partial charge in [-0.1, -0.05) is 35.3 Å². The molecule has 0 saturated carbocycles. The third kappa shape index (κ3) is 5.60. The Kier molecular flexibility index (Phi) is 6.59. The van der Waals surface area contributed by atoms with Gasteiger partial charge in [0.2, 0.25) is 10.0 Å². The highest BCUT2D eigenvalue weighted by molar-refractivity contribution is 7.89. The van der Waals surface area contributed by atoms with Gasteiger partial charge in [0.25, 0.3) is 0 Å². The van der Waals surface area contributed by atoms with Gasteiger partial charge in [0, 0.05) is 35.4 Å². The van der Waals surface area contributed by atoms with Gasteiger partial charge in [-0.3, -0.25) is 0 Å². The number of halogens is 5. The minimum Gasteiger partial charge on any atom is -0.355 e. The highest BCUT2D eigenvalue weighted by Crippen LogP contribution is 2.30. The van der Waals surface area contributed by atoms with Crippen molar-refractivity contribution >= 4 is 39.0 Å². The summed E-state index contributed by atoms with van der Waals surface area (Å²) >= 11 is 12.1. The molecule has 11 heteroatoms. The van der Waals surface area contributed by atoms with Gasteiger partial charge < -0.3 is 4.90 Å². The highest BCUT2D eigenvalue weighted by atomic mass is 35.5. The molecule has 1 aromatic heterocycles. The van der Waals surface area contributed by atoms with Crippen molar-refractivity contribution in [1.29, 1.82) is 0 Å². The van der Waals surface area contributed by atoms with Crippen molar-refractivity contribution in [1.82, 2.24) is 9.71 Å². The lowest BCUT2D eigenvalue weighted by Gasteiger charge is -2.18. The van der Waals surface area contributed by atoms with Gasteiger partial charge >= 0.3 is 6.18 Å².